The minimum Gasteiger partial charge on any atom is -0.426 e. The van der Waals surface area contributed by atoms with Gasteiger partial charge in [-0.2, -0.15) is 0 Å². The number of nitrogens with zero attached hydrogens (tertiary/aromatic N) is 1. The van der Waals surface area contributed by atoms with Crippen LogP contribution in [0.5, 0.6) is 5.75 Å². The Hall–Kier alpha value is -1.98. The van der Waals surface area contributed by atoms with Crippen LogP contribution < -0.4 is 4.74 Å². The Morgan fingerprint density at radius 2 is 2.09 bits per heavy atom. The van der Waals surface area contributed by atoms with Gasteiger partial charge in [0.1, 0.15) is 10.8 Å². The number of hydrogen-bond acceptors (Lipinski definition) is 5. The Morgan fingerprint density at radius 3 is 2.82 bits per heavy atom. The Kier molecular flexibility index (Phi) is 4.36. The average molecular weight is 329 g/mol. The monoisotopic (exact) mass is 329 g/mol. The molecule has 0 atom stereocenters. The molecule has 0 bridgehead atoms. The first-order valence-corrected chi connectivity index (χ1v) is 8.64. The predicted molar refractivity (Wildman–Crippen MR) is 90.7 cm³/mol. The number of esters is 1. The molecule has 0 aliphatic carbocycles. The molecule has 3 nitrogen and oxygen atoms in total. The third-order valence-electron chi connectivity index (χ3n) is 3.16. The van der Waals surface area contributed by atoms with E-state index < -0.39 is 0 Å². The largest absolute Gasteiger partial charge is 0.426 e. The first-order chi connectivity index (χ1) is 10.6. The van der Waals surface area contributed by atoms with E-state index in [0.29, 0.717) is 5.75 Å². The van der Waals surface area contributed by atoms with Crippen molar-refractivity contribution in [1.82, 2.24) is 4.98 Å². The fourth-order valence-corrected chi connectivity index (χ4v) is 3.76. The van der Waals surface area contributed by atoms with Crippen LogP contribution in [0.2, 0.25) is 0 Å². The van der Waals surface area contributed by atoms with Crippen LogP contribution in [-0.4, -0.2) is 11.0 Å². The molecule has 0 spiro atoms. The van der Waals surface area contributed by atoms with E-state index in [0.717, 1.165) is 26.7 Å². The summed E-state index contributed by atoms with van der Waals surface area (Å²) < 4.78 is 5.43. The van der Waals surface area contributed by atoms with Gasteiger partial charge in [-0.1, -0.05) is 23.8 Å². The zero-order chi connectivity index (χ0) is 15.5. The molecular weight excluding hydrogens is 314 g/mol. The van der Waals surface area contributed by atoms with E-state index in [9.17, 15) is 4.79 Å². The second-order valence-electron chi connectivity index (χ2n) is 5.04. The number of carbonyl (C=O) groups excluding carboxylic acids is 1. The van der Waals surface area contributed by atoms with E-state index in [4.69, 9.17) is 4.74 Å². The van der Waals surface area contributed by atoms with E-state index in [2.05, 4.69) is 4.98 Å². The van der Waals surface area contributed by atoms with Gasteiger partial charge in [0, 0.05) is 5.38 Å². The lowest BCUT2D eigenvalue weighted by atomic mass is 10.1. The number of rotatable bonds is 4. The van der Waals surface area contributed by atoms with Crippen molar-refractivity contribution in [3.8, 4) is 15.6 Å². The van der Waals surface area contributed by atoms with Gasteiger partial charge in [0.2, 0.25) is 0 Å². The van der Waals surface area contributed by atoms with Crippen LogP contribution in [-0.2, 0) is 11.2 Å². The van der Waals surface area contributed by atoms with Crippen molar-refractivity contribution < 1.29 is 9.53 Å². The molecule has 5 heteroatoms. The van der Waals surface area contributed by atoms with Gasteiger partial charge in [-0.05, 0) is 36.9 Å². The van der Waals surface area contributed by atoms with Gasteiger partial charge >= 0.3 is 5.97 Å². The summed E-state index contributed by atoms with van der Waals surface area (Å²) in [6, 6.07) is 9.80. The maximum atomic E-state index is 12.1. The van der Waals surface area contributed by atoms with E-state index in [1.54, 1.807) is 22.7 Å². The quantitative estimate of drug-likeness (QED) is 0.517. The summed E-state index contributed by atoms with van der Waals surface area (Å²) in [6.45, 7) is 3.95. The molecule has 0 radical (unpaired) electrons. The number of ether oxygens (including phenoxy) is 1. The molecule has 0 unspecified atom stereocenters. The summed E-state index contributed by atoms with van der Waals surface area (Å²) in [4.78, 5) is 17.7. The minimum atomic E-state index is -0.282. The number of aryl methyl sites for hydroxylation is 2. The summed E-state index contributed by atoms with van der Waals surface area (Å²) >= 11 is 3.20. The number of thiophene rings is 1. The van der Waals surface area contributed by atoms with Crippen LogP contribution in [0.1, 0.15) is 16.8 Å². The summed E-state index contributed by atoms with van der Waals surface area (Å²) in [5, 5.41) is 4.88. The maximum Gasteiger partial charge on any atom is 0.317 e. The van der Waals surface area contributed by atoms with Crippen molar-refractivity contribution in [2.24, 2.45) is 0 Å². The molecule has 2 aromatic heterocycles. The fraction of sp³-hybridized carbons (Fsp3) is 0.176. The van der Waals surface area contributed by atoms with Crippen LogP contribution in [0.3, 0.4) is 0 Å². The third-order valence-corrected chi connectivity index (χ3v) is 5.09. The highest BCUT2D eigenvalue weighted by Crippen LogP contribution is 2.28. The predicted octanol–water partition coefficient (Wildman–Crippen LogP) is 4.64. The van der Waals surface area contributed by atoms with E-state index >= 15 is 0 Å². The second-order valence-corrected chi connectivity index (χ2v) is 6.85. The summed E-state index contributed by atoms with van der Waals surface area (Å²) in [7, 11) is 0. The third kappa shape index (κ3) is 3.43. The lowest BCUT2D eigenvalue weighted by Crippen LogP contribution is -2.12. The molecule has 0 fully saturated rings. The molecular formula is C17H15NO2S2. The van der Waals surface area contributed by atoms with Crippen LogP contribution in [0, 0.1) is 13.8 Å². The first kappa shape index (κ1) is 14.9. The molecule has 1 aromatic carbocycles. The molecule has 2 heterocycles. The number of hydrogen-bond donors (Lipinski definition) is 0. The summed E-state index contributed by atoms with van der Waals surface area (Å²) in [5.41, 5.74) is 2.87. The topological polar surface area (TPSA) is 39.2 Å². The maximum absolute atomic E-state index is 12.1. The van der Waals surface area contributed by atoms with Crippen molar-refractivity contribution in [1.29, 1.82) is 0 Å². The Balaban J connectivity index is 1.67. The van der Waals surface area contributed by atoms with Gasteiger partial charge in [-0.25, -0.2) is 4.98 Å². The fourth-order valence-electron chi connectivity index (χ4n) is 2.12. The number of thiazole rings is 1. The zero-order valence-electron chi connectivity index (χ0n) is 12.3. The van der Waals surface area contributed by atoms with E-state index in [1.165, 1.54) is 0 Å². The minimum absolute atomic E-state index is 0.190. The molecule has 0 aliphatic rings. The highest BCUT2D eigenvalue weighted by atomic mass is 32.1. The molecule has 3 rings (SSSR count). The van der Waals surface area contributed by atoms with Crippen LogP contribution in [0.25, 0.3) is 9.88 Å². The zero-order valence-corrected chi connectivity index (χ0v) is 14.0. The van der Waals surface area contributed by atoms with E-state index in [1.807, 2.05) is 54.9 Å². The summed E-state index contributed by atoms with van der Waals surface area (Å²) in [6.07, 6.45) is 0.190. The number of aromatic nitrogens is 1. The molecule has 0 amide bonds. The van der Waals surface area contributed by atoms with Crippen LogP contribution >= 0.6 is 22.7 Å². The van der Waals surface area contributed by atoms with Gasteiger partial charge in [-0.3, -0.25) is 4.79 Å². The van der Waals surface area contributed by atoms with Crippen molar-refractivity contribution in [3.63, 3.8) is 0 Å². The normalized spacial score (nSPS) is 10.6. The second kappa shape index (κ2) is 6.42. The molecule has 0 saturated carbocycles. The van der Waals surface area contributed by atoms with Crippen molar-refractivity contribution in [2.45, 2.75) is 20.3 Å². The first-order valence-electron chi connectivity index (χ1n) is 6.88. The Bertz CT molecular complexity index is 791. The Labute approximate surface area is 137 Å². The molecule has 0 aliphatic heterocycles. The standard InChI is InChI=1S/C17H15NO2S2/c1-11-5-6-14(12(2)8-11)20-16(19)9-13-10-22-17(18-13)15-4-3-7-21-15/h3-8,10H,9H2,1-2H3. The highest BCUT2D eigenvalue weighted by molar-refractivity contribution is 7.20. The van der Waals surface area contributed by atoms with Crippen molar-refractivity contribution >= 4 is 28.6 Å². The van der Waals surface area contributed by atoms with Crippen LogP contribution in [0.4, 0.5) is 0 Å². The number of carbonyl (C=O) groups is 1. The molecule has 0 N–H and O–H groups in total. The van der Waals surface area contributed by atoms with Gasteiger partial charge < -0.3 is 4.74 Å². The SMILES string of the molecule is Cc1ccc(OC(=O)Cc2csc(-c3cccs3)n2)c(C)c1. The smallest absolute Gasteiger partial charge is 0.317 e. The molecule has 112 valence electrons. The molecule has 0 saturated heterocycles. The van der Waals surface area contributed by atoms with Gasteiger partial charge in [0.05, 0.1) is 17.0 Å². The Morgan fingerprint density at radius 1 is 1.23 bits per heavy atom. The lowest BCUT2D eigenvalue weighted by Gasteiger charge is -2.07. The van der Waals surface area contributed by atoms with Crippen molar-refractivity contribution in [3.05, 3.63) is 57.9 Å². The number of benzene rings is 1. The van der Waals surface area contributed by atoms with Gasteiger partial charge in [-0.15, -0.1) is 22.7 Å². The van der Waals surface area contributed by atoms with Gasteiger partial charge in [0.25, 0.3) is 0 Å². The molecule has 22 heavy (non-hydrogen) atoms. The van der Waals surface area contributed by atoms with E-state index in [-0.39, 0.29) is 12.4 Å². The lowest BCUT2D eigenvalue weighted by molar-refractivity contribution is -0.133. The summed E-state index contributed by atoms with van der Waals surface area (Å²) in [5.74, 6) is 0.333. The average Bonchev–Trinajstić information content (AvgIpc) is 3.12. The highest BCUT2D eigenvalue weighted by Gasteiger charge is 2.12. The molecule has 3 aromatic rings. The van der Waals surface area contributed by atoms with Gasteiger partial charge in [0.15, 0.2) is 0 Å². The van der Waals surface area contributed by atoms with Crippen LogP contribution in [0.15, 0.2) is 41.1 Å². The van der Waals surface area contributed by atoms with Crippen molar-refractivity contribution in [2.75, 3.05) is 0 Å².